The first kappa shape index (κ1) is 17.7. The number of carbonyl (C=O) groups excluding carboxylic acids is 1. The average Bonchev–Trinajstić information content (AvgIpc) is 2.90. The highest BCUT2D eigenvalue weighted by Crippen LogP contribution is 2.25. The summed E-state index contributed by atoms with van der Waals surface area (Å²) in [5.74, 6) is 0.478. The van der Waals surface area contributed by atoms with Crippen molar-refractivity contribution in [3.8, 4) is 5.75 Å². The molecule has 0 saturated heterocycles. The monoisotopic (exact) mass is 324 g/mol. The number of nitrogens with zero attached hydrogens (tertiary/aromatic N) is 1. The Kier molecular flexibility index (Phi) is 6.80. The van der Waals surface area contributed by atoms with Gasteiger partial charge in [-0.05, 0) is 50.1 Å². The Balaban J connectivity index is 1.58. The van der Waals surface area contributed by atoms with Crippen LogP contribution in [0.25, 0.3) is 0 Å². The fraction of sp³-hybridized carbons (Fsp3) is 0.588. The number of carbonyl (C=O) groups is 1. The number of likely N-dealkylation sites (N-methyl/N-ethyl adjacent to an activating group) is 1. The van der Waals surface area contributed by atoms with Gasteiger partial charge in [0.2, 0.25) is 5.91 Å². The third-order valence-corrected chi connectivity index (χ3v) is 4.09. The van der Waals surface area contributed by atoms with Crippen molar-refractivity contribution >= 4 is 5.91 Å². The second-order valence-corrected chi connectivity index (χ2v) is 6.11. The van der Waals surface area contributed by atoms with Crippen LogP contribution >= 0.6 is 0 Å². The molecule has 5 nitrogen and oxygen atoms in total. The highest BCUT2D eigenvalue weighted by molar-refractivity contribution is 5.77. The SMILES string of the molecule is CN(CC(=O)NCCOc1ccc(F)cc1)CC1CCCC1O. The Morgan fingerprint density at radius 1 is 1.39 bits per heavy atom. The van der Waals surface area contributed by atoms with Crippen LogP contribution in [0.2, 0.25) is 0 Å². The second kappa shape index (κ2) is 8.84. The number of benzene rings is 1. The van der Waals surface area contributed by atoms with Crippen LogP contribution in [0.1, 0.15) is 19.3 Å². The molecule has 1 fully saturated rings. The summed E-state index contributed by atoms with van der Waals surface area (Å²) in [6, 6.07) is 5.77. The minimum atomic E-state index is -0.305. The second-order valence-electron chi connectivity index (χ2n) is 6.11. The predicted molar refractivity (Wildman–Crippen MR) is 85.7 cm³/mol. The normalized spacial score (nSPS) is 20.7. The summed E-state index contributed by atoms with van der Waals surface area (Å²) in [6.45, 7) is 1.78. The van der Waals surface area contributed by atoms with Gasteiger partial charge in [-0.15, -0.1) is 0 Å². The molecule has 1 saturated carbocycles. The molecule has 0 bridgehead atoms. The Morgan fingerprint density at radius 3 is 2.78 bits per heavy atom. The van der Waals surface area contributed by atoms with Crippen molar-refractivity contribution in [2.24, 2.45) is 5.92 Å². The fourth-order valence-corrected chi connectivity index (χ4v) is 2.89. The largest absolute Gasteiger partial charge is 0.492 e. The molecular weight excluding hydrogens is 299 g/mol. The zero-order chi connectivity index (χ0) is 16.7. The van der Waals surface area contributed by atoms with Gasteiger partial charge < -0.3 is 15.2 Å². The van der Waals surface area contributed by atoms with Gasteiger partial charge >= 0.3 is 0 Å². The van der Waals surface area contributed by atoms with Crippen molar-refractivity contribution in [2.75, 3.05) is 33.3 Å². The summed E-state index contributed by atoms with van der Waals surface area (Å²) in [4.78, 5) is 13.8. The van der Waals surface area contributed by atoms with Crippen molar-refractivity contribution in [1.82, 2.24) is 10.2 Å². The molecule has 2 N–H and O–H groups in total. The van der Waals surface area contributed by atoms with E-state index in [-0.39, 0.29) is 23.7 Å². The van der Waals surface area contributed by atoms with Crippen molar-refractivity contribution in [2.45, 2.75) is 25.4 Å². The number of hydrogen-bond acceptors (Lipinski definition) is 4. The Hall–Kier alpha value is -1.66. The topological polar surface area (TPSA) is 61.8 Å². The molecule has 1 amide bonds. The van der Waals surface area contributed by atoms with Crippen LogP contribution in [0.4, 0.5) is 4.39 Å². The minimum absolute atomic E-state index is 0.0670. The molecule has 0 radical (unpaired) electrons. The van der Waals surface area contributed by atoms with E-state index in [1.807, 2.05) is 11.9 Å². The average molecular weight is 324 g/mol. The summed E-state index contributed by atoms with van der Waals surface area (Å²) < 4.78 is 18.1. The zero-order valence-electron chi connectivity index (χ0n) is 13.5. The molecule has 0 aliphatic heterocycles. The summed E-state index contributed by atoms with van der Waals surface area (Å²) in [7, 11) is 1.89. The van der Waals surface area contributed by atoms with Crippen molar-refractivity contribution in [1.29, 1.82) is 0 Å². The predicted octanol–water partition coefficient (Wildman–Crippen LogP) is 1.41. The van der Waals surface area contributed by atoms with E-state index in [2.05, 4.69) is 5.32 Å². The van der Waals surface area contributed by atoms with Crippen LogP contribution in [-0.2, 0) is 4.79 Å². The number of hydrogen-bond donors (Lipinski definition) is 2. The molecule has 128 valence electrons. The molecule has 6 heteroatoms. The Morgan fingerprint density at radius 2 is 2.13 bits per heavy atom. The number of rotatable bonds is 8. The summed E-state index contributed by atoms with van der Waals surface area (Å²) in [6.07, 6.45) is 2.72. The first-order chi connectivity index (χ1) is 11.0. The number of ether oxygens (including phenoxy) is 1. The summed E-state index contributed by atoms with van der Waals surface area (Å²) in [5.41, 5.74) is 0. The van der Waals surface area contributed by atoms with E-state index in [9.17, 15) is 14.3 Å². The number of amides is 1. The lowest BCUT2D eigenvalue weighted by Gasteiger charge is -2.22. The minimum Gasteiger partial charge on any atom is -0.492 e. The van der Waals surface area contributed by atoms with E-state index in [1.54, 1.807) is 12.1 Å². The van der Waals surface area contributed by atoms with E-state index in [1.165, 1.54) is 12.1 Å². The van der Waals surface area contributed by atoms with Crippen LogP contribution in [0.3, 0.4) is 0 Å². The fourth-order valence-electron chi connectivity index (χ4n) is 2.89. The third kappa shape index (κ3) is 6.15. The van der Waals surface area contributed by atoms with Crippen molar-refractivity contribution in [3.05, 3.63) is 30.1 Å². The van der Waals surface area contributed by atoms with Crippen LogP contribution in [0, 0.1) is 11.7 Å². The molecule has 1 aromatic rings. The van der Waals surface area contributed by atoms with Crippen LogP contribution in [0.15, 0.2) is 24.3 Å². The van der Waals surface area contributed by atoms with Crippen LogP contribution in [-0.4, -0.2) is 55.3 Å². The molecule has 1 aliphatic rings. The van der Waals surface area contributed by atoms with Gasteiger partial charge in [-0.25, -0.2) is 4.39 Å². The Labute approximate surface area is 136 Å². The maximum Gasteiger partial charge on any atom is 0.234 e. The summed E-state index contributed by atoms with van der Waals surface area (Å²) in [5, 5.41) is 12.6. The highest BCUT2D eigenvalue weighted by atomic mass is 19.1. The molecule has 2 rings (SSSR count). The van der Waals surface area contributed by atoms with Gasteiger partial charge in [-0.2, -0.15) is 0 Å². The standard InChI is InChI=1S/C17H25FN2O3/c1-20(11-13-3-2-4-16(13)21)12-17(22)19-9-10-23-15-7-5-14(18)6-8-15/h5-8,13,16,21H,2-4,9-12H2,1H3,(H,19,22). The van der Waals surface area contributed by atoms with E-state index >= 15 is 0 Å². The number of aliphatic hydroxyl groups excluding tert-OH is 1. The van der Waals surface area contributed by atoms with Gasteiger partial charge in [0.05, 0.1) is 19.2 Å². The maximum absolute atomic E-state index is 12.7. The summed E-state index contributed by atoms with van der Waals surface area (Å²) >= 11 is 0. The van der Waals surface area contributed by atoms with E-state index < -0.39 is 0 Å². The quantitative estimate of drug-likeness (QED) is 0.710. The van der Waals surface area contributed by atoms with Gasteiger partial charge in [0.15, 0.2) is 0 Å². The molecule has 23 heavy (non-hydrogen) atoms. The molecule has 1 aliphatic carbocycles. The van der Waals surface area contributed by atoms with Gasteiger partial charge in [-0.1, -0.05) is 6.42 Å². The molecule has 1 aromatic carbocycles. The van der Waals surface area contributed by atoms with E-state index in [0.29, 0.717) is 25.4 Å². The molecule has 0 heterocycles. The third-order valence-electron chi connectivity index (χ3n) is 4.09. The van der Waals surface area contributed by atoms with Crippen molar-refractivity contribution in [3.63, 3.8) is 0 Å². The van der Waals surface area contributed by atoms with E-state index in [0.717, 1.165) is 25.8 Å². The molecule has 0 aromatic heterocycles. The highest BCUT2D eigenvalue weighted by Gasteiger charge is 2.26. The van der Waals surface area contributed by atoms with Gasteiger partial charge in [-0.3, -0.25) is 9.69 Å². The lowest BCUT2D eigenvalue weighted by molar-refractivity contribution is -0.122. The zero-order valence-corrected chi connectivity index (χ0v) is 13.5. The molecule has 2 unspecified atom stereocenters. The van der Waals surface area contributed by atoms with Crippen LogP contribution < -0.4 is 10.1 Å². The number of halogens is 1. The smallest absolute Gasteiger partial charge is 0.234 e. The number of aliphatic hydroxyl groups is 1. The number of nitrogens with one attached hydrogen (secondary N) is 1. The first-order valence-corrected chi connectivity index (χ1v) is 8.06. The van der Waals surface area contributed by atoms with Gasteiger partial charge in [0.25, 0.3) is 0 Å². The van der Waals surface area contributed by atoms with Gasteiger partial charge in [0, 0.05) is 6.54 Å². The van der Waals surface area contributed by atoms with Crippen molar-refractivity contribution < 1.29 is 19.0 Å². The molecule has 2 atom stereocenters. The lowest BCUT2D eigenvalue weighted by Crippen LogP contribution is -2.39. The Bertz CT molecular complexity index is 495. The van der Waals surface area contributed by atoms with Crippen LogP contribution in [0.5, 0.6) is 5.75 Å². The molecule has 0 spiro atoms. The first-order valence-electron chi connectivity index (χ1n) is 8.06. The molecular formula is C17H25FN2O3. The van der Waals surface area contributed by atoms with E-state index in [4.69, 9.17) is 4.74 Å². The van der Waals surface area contributed by atoms with Gasteiger partial charge in [0.1, 0.15) is 18.2 Å². The maximum atomic E-state index is 12.7. The lowest BCUT2D eigenvalue weighted by atomic mass is 10.1.